The topological polar surface area (TPSA) is 49.0 Å². The SMILES string of the molecule is [2H]c1c([2H])c([2H])c([Si](c2ccc3c(c2)-c2cccc(-c4ccc5oc6ccccc6c5c4)c2-[n+]2[c-]n(-c4cccc(Oc5ccc6c7ccccc7n(-c7cc(C(C)(C)C)ccn7)c6c5)c4)c4cccc(c42)-c2ccccc2-3)(c2c([2H])c([2H])c([2H])c([2H])c2[2H])c2c([2H])c([2H])c([2H])c([2H])c2[2H])c([2H])c1[2H]. The van der Waals surface area contributed by atoms with Gasteiger partial charge in [-0.3, -0.25) is 13.7 Å². The molecule has 0 amide bonds. The van der Waals surface area contributed by atoms with Crippen LogP contribution in [0, 0.1) is 6.33 Å². The number of hydrogen-bond acceptors (Lipinski definition) is 3. The molecule has 0 saturated heterocycles. The number of benzene rings is 12. The summed E-state index contributed by atoms with van der Waals surface area (Å²) in [4.78, 5) is 4.91. The lowest BCUT2D eigenvalue weighted by Gasteiger charge is -2.35. The summed E-state index contributed by atoms with van der Waals surface area (Å²) in [6.45, 7) is 6.55. The summed E-state index contributed by atoms with van der Waals surface area (Å²) in [5.74, 6) is 1.89. The number of fused-ring (bicyclic) bond motifs is 13. The second-order valence-electron chi connectivity index (χ2n) is 23.3. The van der Waals surface area contributed by atoms with Gasteiger partial charge in [-0.1, -0.05) is 239 Å². The van der Waals surface area contributed by atoms with Crippen LogP contribution in [0.15, 0.2) is 301 Å². The van der Waals surface area contributed by atoms with Crippen LogP contribution in [0.3, 0.4) is 0 Å². The molecule has 12 aromatic carbocycles. The van der Waals surface area contributed by atoms with Crippen molar-refractivity contribution in [1.29, 1.82) is 0 Å². The van der Waals surface area contributed by atoms with Crippen LogP contribution in [0.4, 0.5) is 0 Å². The van der Waals surface area contributed by atoms with E-state index in [4.69, 9.17) is 18.3 Å². The average molecular weight is 1170 g/mol. The molecule has 0 saturated carbocycles. The number of aromatic nitrogens is 4. The van der Waals surface area contributed by atoms with Crippen molar-refractivity contribution in [3.05, 3.63) is 309 Å². The van der Waals surface area contributed by atoms with Crippen molar-refractivity contribution in [1.82, 2.24) is 14.1 Å². The quantitative estimate of drug-likeness (QED) is 0.0626. The highest BCUT2D eigenvalue weighted by Gasteiger charge is 2.42. The van der Waals surface area contributed by atoms with Gasteiger partial charge in [0.15, 0.2) is 8.07 Å². The minimum atomic E-state index is -5.64. The molecule has 16 aromatic rings. The van der Waals surface area contributed by atoms with Crippen molar-refractivity contribution >= 4 is 83.6 Å². The first-order valence-electron chi connectivity index (χ1n) is 36.8. The van der Waals surface area contributed by atoms with E-state index in [1.165, 1.54) is 0 Å². The highest BCUT2D eigenvalue weighted by Crippen LogP contribution is 2.46. The molecule has 6 nitrogen and oxygen atoms in total. The molecule has 0 fully saturated rings. The van der Waals surface area contributed by atoms with E-state index in [2.05, 4.69) is 68.1 Å². The molecular formula is C82H58N4O2Si. The third-order valence-electron chi connectivity index (χ3n) is 17.3. The fourth-order valence-electron chi connectivity index (χ4n) is 13.3. The second kappa shape index (κ2) is 20.5. The van der Waals surface area contributed by atoms with Crippen LogP contribution in [0.1, 0.15) is 46.9 Å². The number of imidazole rings is 1. The van der Waals surface area contributed by atoms with Gasteiger partial charge in [0.2, 0.25) is 0 Å². The number of hydrogen-bond donors (Lipinski definition) is 0. The Kier molecular flexibility index (Phi) is 8.95. The first kappa shape index (κ1) is 38.8. The number of nitrogens with zero attached hydrogens (tertiary/aromatic N) is 4. The van der Waals surface area contributed by atoms with Crippen LogP contribution in [0.25, 0.3) is 116 Å². The zero-order valence-corrected chi connectivity index (χ0v) is 49.2. The van der Waals surface area contributed by atoms with Gasteiger partial charge in [0.1, 0.15) is 28.5 Å². The van der Waals surface area contributed by atoms with E-state index in [1.807, 2.05) is 161 Å². The molecule has 0 bridgehead atoms. The molecule has 7 heteroatoms. The molecule has 17 rings (SSSR count). The standard InChI is InChI=1S/C82H58N4O2Si/c1-82(2,3)55-46-47-83-79(49-55)86-74-37-17-15-32-67(74)68-43-41-58(51-76(68)86)87-57-23-19-22-56(50-57)84-53-85-80-63(54-40-45-78-73(48-54)69-33-16-18-39-77(69)88-78)34-20-35-71(80)72-52-62(42-44-66(72)64-30-13-14-31-65(64)70-36-21-38-75(84)81(70)85)89(59-24-7-4-8-25-59,60-26-9-5-10-27-60)61-28-11-6-12-29-61/h4-52H,1-3H3/i4D,5D,6D,7D,8D,9D,10D,11D,12D,24D,25D,26D,27D,28D,29D. The third kappa shape index (κ3) is 8.37. The molecule has 0 spiro atoms. The molecule has 89 heavy (non-hydrogen) atoms. The third-order valence-corrected chi connectivity index (χ3v) is 21.5. The molecule has 0 N–H and O–H groups in total. The molecule has 422 valence electrons. The van der Waals surface area contributed by atoms with Crippen LogP contribution in [0.2, 0.25) is 0 Å². The van der Waals surface area contributed by atoms with E-state index in [0.29, 0.717) is 67.4 Å². The predicted molar refractivity (Wildman–Crippen MR) is 367 cm³/mol. The number of ether oxygens (including phenoxy) is 1. The fourth-order valence-corrected chi connectivity index (χ4v) is 17.1. The monoisotopic (exact) mass is 1170 g/mol. The van der Waals surface area contributed by atoms with E-state index in [1.54, 1.807) is 18.2 Å². The van der Waals surface area contributed by atoms with E-state index in [0.717, 1.165) is 66.2 Å². The largest absolute Gasteiger partial charge is 0.458 e. The van der Waals surface area contributed by atoms with Crippen LogP contribution in [-0.2, 0) is 5.41 Å². The predicted octanol–water partition coefficient (Wildman–Crippen LogP) is 17.5. The lowest BCUT2D eigenvalue weighted by Crippen LogP contribution is -2.74. The van der Waals surface area contributed by atoms with Gasteiger partial charge in [0.05, 0.1) is 54.0 Å². The van der Waals surface area contributed by atoms with Crippen molar-refractivity contribution < 1.29 is 34.3 Å². The van der Waals surface area contributed by atoms with Crippen LogP contribution in [-0.4, -0.2) is 22.2 Å². The van der Waals surface area contributed by atoms with Crippen molar-refractivity contribution in [2.45, 2.75) is 26.2 Å². The highest BCUT2D eigenvalue weighted by atomic mass is 28.3. The van der Waals surface area contributed by atoms with Gasteiger partial charge in [-0.25, -0.2) is 4.98 Å². The van der Waals surface area contributed by atoms with E-state index in [9.17, 15) is 16.4 Å². The Hall–Kier alpha value is -11.1. The van der Waals surface area contributed by atoms with Crippen LogP contribution < -0.4 is 30.1 Å². The van der Waals surface area contributed by atoms with Gasteiger partial charge in [0.25, 0.3) is 6.33 Å². The minimum Gasteiger partial charge on any atom is -0.458 e. The molecule has 1 aliphatic rings. The van der Waals surface area contributed by atoms with Crippen molar-refractivity contribution in [2.24, 2.45) is 0 Å². The summed E-state index contributed by atoms with van der Waals surface area (Å²) >= 11 is 0. The Morgan fingerprint density at radius 2 is 1.07 bits per heavy atom. The van der Waals surface area contributed by atoms with Crippen molar-refractivity contribution in [3.8, 4) is 73.2 Å². The summed E-state index contributed by atoms with van der Waals surface area (Å²) in [6, 6.07) is 51.9. The van der Waals surface area contributed by atoms with Crippen molar-refractivity contribution in [2.75, 3.05) is 0 Å². The molecular weight excluding hydrogens is 1100 g/mol. The van der Waals surface area contributed by atoms with Gasteiger partial charge in [-0.15, -0.1) is 0 Å². The maximum atomic E-state index is 9.95. The van der Waals surface area contributed by atoms with Gasteiger partial charge in [0, 0.05) is 33.8 Å². The number of para-hydroxylation sites is 4. The minimum absolute atomic E-state index is 0.0377. The van der Waals surface area contributed by atoms with Gasteiger partial charge in [-0.2, -0.15) is 0 Å². The average Bonchev–Trinajstić information content (AvgIpc) is 0.841. The van der Waals surface area contributed by atoms with E-state index in [-0.39, 0.29) is 10.6 Å². The summed E-state index contributed by atoms with van der Waals surface area (Å²) in [6.07, 6.45) is 5.71. The maximum Gasteiger partial charge on any atom is 0.269 e. The van der Waals surface area contributed by atoms with Gasteiger partial charge < -0.3 is 9.15 Å². The molecule has 5 heterocycles. The number of pyridine rings is 1. The fraction of sp³-hybridized carbons (Fsp3) is 0.0488. The summed E-state index contributed by atoms with van der Waals surface area (Å²) in [5.41, 5.74) is 12.1. The zero-order valence-electron chi connectivity index (χ0n) is 63.2. The van der Waals surface area contributed by atoms with E-state index >= 15 is 0 Å². The second-order valence-corrected chi connectivity index (χ2v) is 26.9. The molecule has 0 unspecified atom stereocenters. The smallest absolute Gasteiger partial charge is 0.269 e. The maximum absolute atomic E-state index is 9.95. The number of rotatable bonds is 9. The first-order valence-corrected chi connectivity index (χ1v) is 31.3. The Balaban J connectivity index is 0.958. The molecule has 4 aromatic heterocycles. The molecule has 0 aliphatic carbocycles. The van der Waals surface area contributed by atoms with Crippen LogP contribution >= 0.6 is 0 Å². The lowest BCUT2D eigenvalue weighted by molar-refractivity contribution is -0.570. The van der Waals surface area contributed by atoms with Gasteiger partial charge >= 0.3 is 0 Å². The van der Waals surface area contributed by atoms with Gasteiger partial charge in [-0.05, 0) is 143 Å². The highest BCUT2D eigenvalue weighted by molar-refractivity contribution is 7.20. The molecule has 1 aliphatic heterocycles. The molecule has 0 radical (unpaired) electrons. The Morgan fingerprint density at radius 3 is 1.83 bits per heavy atom. The normalized spacial score (nSPS) is 14.6. The molecule has 0 atom stereocenters. The first-order chi connectivity index (χ1) is 50.0. The summed E-state index contributed by atoms with van der Waals surface area (Å²) in [7, 11) is -5.64. The van der Waals surface area contributed by atoms with E-state index < -0.39 is 114 Å². The lowest BCUT2D eigenvalue weighted by atomic mass is 9.88. The number of furan rings is 1. The van der Waals surface area contributed by atoms with Crippen LogP contribution in [0.5, 0.6) is 11.5 Å². The zero-order chi connectivity index (χ0) is 72.4. The Bertz CT molecular complexity index is 6180. The Morgan fingerprint density at radius 1 is 0.461 bits per heavy atom. The van der Waals surface area contributed by atoms with Crippen molar-refractivity contribution in [3.63, 3.8) is 0 Å². The summed E-state index contributed by atoms with van der Waals surface area (Å²) in [5, 5.41) is 1.99. The Labute approximate surface area is 538 Å². The summed E-state index contributed by atoms with van der Waals surface area (Å²) < 4.78 is 162.